The van der Waals surface area contributed by atoms with Crippen molar-refractivity contribution in [1.82, 2.24) is 4.98 Å². The molecule has 0 aromatic carbocycles. The first kappa shape index (κ1) is 12.7. The van der Waals surface area contributed by atoms with E-state index >= 15 is 0 Å². The molecule has 16 heavy (non-hydrogen) atoms. The van der Waals surface area contributed by atoms with Crippen molar-refractivity contribution in [2.45, 2.75) is 18.9 Å². The van der Waals surface area contributed by atoms with Gasteiger partial charge in [0.2, 0.25) is 0 Å². The molecule has 1 unspecified atom stereocenters. The van der Waals surface area contributed by atoms with Gasteiger partial charge in [-0.05, 0) is 13.0 Å². The molecule has 0 radical (unpaired) electrons. The molecular formula is C11H19N3O2. The van der Waals surface area contributed by atoms with E-state index in [1.54, 1.807) is 32.4 Å². The second-order valence-electron chi connectivity index (χ2n) is 4.07. The van der Waals surface area contributed by atoms with Gasteiger partial charge < -0.3 is 20.9 Å². The maximum atomic E-state index is 9.97. The molecule has 5 nitrogen and oxygen atoms in total. The van der Waals surface area contributed by atoms with Crippen LogP contribution in [-0.4, -0.2) is 36.0 Å². The van der Waals surface area contributed by atoms with Crippen LogP contribution in [0.5, 0.6) is 0 Å². The lowest BCUT2D eigenvalue weighted by molar-refractivity contribution is 0.0357. The van der Waals surface area contributed by atoms with Crippen LogP contribution in [0.25, 0.3) is 0 Å². The maximum Gasteiger partial charge on any atom is 0.128 e. The van der Waals surface area contributed by atoms with E-state index in [0.717, 1.165) is 0 Å². The molecule has 0 amide bonds. The van der Waals surface area contributed by atoms with E-state index in [-0.39, 0.29) is 0 Å². The van der Waals surface area contributed by atoms with E-state index in [9.17, 15) is 5.11 Å². The zero-order chi connectivity index (χ0) is 12.0. The van der Waals surface area contributed by atoms with E-state index in [4.69, 9.17) is 10.5 Å². The lowest BCUT2D eigenvalue weighted by Gasteiger charge is -2.23. The molecule has 0 spiro atoms. The Kier molecular flexibility index (Phi) is 4.52. The molecule has 1 aromatic rings. The molecule has 1 rings (SSSR count). The van der Waals surface area contributed by atoms with Crippen LogP contribution in [0.2, 0.25) is 0 Å². The van der Waals surface area contributed by atoms with Gasteiger partial charge in [-0.15, -0.1) is 0 Å². The molecule has 1 aromatic heterocycles. The van der Waals surface area contributed by atoms with Crippen LogP contribution in [0.4, 0.5) is 11.5 Å². The second kappa shape index (κ2) is 5.67. The van der Waals surface area contributed by atoms with Gasteiger partial charge in [-0.2, -0.15) is 0 Å². The van der Waals surface area contributed by atoms with Gasteiger partial charge in [0, 0.05) is 44.6 Å². The third-order valence-corrected chi connectivity index (χ3v) is 2.28. The highest BCUT2D eigenvalue weighted by Gasteiger charge is 2.19. The summed E-state index contributed by atoms with van der Waals surface area (Å²) in [5.74, 6) is 0.665. The highest BCUT2D eigenvalue weighted by atomic mass is 16.5. The van der Waals surface area contributed by atoms with Crippen molar-refractivity contribution in [1.29, 1.82) is 0 Å². The largest absolute Gasteiger partial charge is 0.399 e. The Bertz CT molecular complexity index is 329. The van der Waals surface area contributed by atoms with Gasteiger partial charge in [-0.3, -0.25) is 0 Å². The lowest BCUT2D eigenvalue weighted by atomic mass is 10.0. The number of pyridine rings is 1. The number of hydrogen-bond acceptors (Lipinski definition) is 5. The molecule has 1 heterocycles. The van der Waals surface area contributed by atoms with Crippen molar-refractivity contribution in [3.63, 3.8) is 0 Å². The van der Waals surface area contributed by atoms with Gasteiger partial charge in [0.05, 0.1) is 5.60 Å². The number of nitrogens with zero attached hydrogens (tertiary/aromatic N) is 1. The highest BCUT2D eigenvalue weighted by molar-refractivity contribution is 5.48. The zero-order valence-corrected chi connectivity index (χ0v) is 9.73. The summed E-state index contributed by atoms with van der Waals surface area (Å²) in [5, 5.41) is 13.0. The summed E-state index contributed by atoms with van der Waals surface area (Å²) in [7, 11) is 1.61. The molecule has 0 aliphatic heterocycles. The van der Waals surface area contributed by atoms with Gasteiger partial charge in [-0.1, -0.05) is 0 Å². The number of aliphatic hydroxyl groups is 1. The van der Waals surface area contributed by atoms with Crippen molar-refractivity contribution < 1.29 is 9.84 Å². The van der Waals surface area contributed by atoms with Crippen molar-refractivity contribution >= 4 is 11.5 Å². The van der Waals surface area contributed by atoms with Crippen molar-refractivity contribution in [2.24, 2.45) is 0 Å². The van der Waals surface area contributed by atoms with Gasteiger partial charge in [0.25, 0.3) is 0 Å². The lowest BCUT2D eigenvalue weighted by Crippen LogP contribution is -2.34. The summed E-state index contributed by atoms with van der Waals surface area (Å²) >= 11 is 0. The molecule has 1 atom stereocenters. The van der Waals surface area contributed by atoms with Crippen LogP contribution in [0.3, 0.4) is 0 Å². The maximum absolute atomic E-state index is 9.97. The topological polar surface area (TPSA) is 80.4 Å². The van der Waals surface area contributed by atoms with Crippen molar-refractivity contribution in [3.8, 4) is 0 Å². The molecule has 0 fully saturated rings. The third-order valence-electron chi connectivity index (χ3n) is 2.28. The predicted octanol–water partition coefficient (Wildman–Crippen LogP) is 0.863. The van der Waals surface area contributed by atoms with Crippen LogP contribution in [-0.2, 0) is 4.74 Å². The Morgan fingerprint density at radius 1 is 1.62 bits per heavy atom. The summed E-state index contributed by atoms with van der Waals surface area (Å²) in [6.07, 6.45) is 2.19. The third kappa shape index (κ3) is 4.46. The molecule has 0 bridgehead atoms. The Morgan fingerprint density at radius 3 is 3.00 bits per heavy atom. The summed E-state index contributed by atoms with van der Waals surface area (Å²) < 4.78 is 4.93. The number of anilines is 2. The Labute approximate surface area is 95.6 Å². The van der Waals surface area contributed by atoms with Crippen LogP contribution in [0.1, 0.15) is 13.3 Å². The normalized spacial score (nSPS) is 14.4. The highest BCUT2D eigenvalue weighted by Crippen LogP contribution is 2.12. The van der Waals surface area contributed by atoms with E-state index in [0.29, 0.717) is 31.1 Å². The van der Waals surface area contributed by atoms with Gasteiger partial charge in [0.1, 0.15) is 5.82 Å². The molecule has 90 valence electrons. The molecule has 5 heteroatoms. The van der Waals surface area contributed by atoms with E-state index < -0.39 is 5.60 Å². The average Bonchev–Trinajstić information content (AvgIpc) is 2.24. The van der Waals surface area contributed by atoms with Crippen molar-refractivity contribution in [3.05, 3.63) is 18.3 Å². The monoisotopic (exact) mass is 225 g/mol. The summed E-state index contributed by atoms with van der Waals surface area (Å²) in [4.78, 5) is 4.09. The second-order valence-corrected chi connectivity index (χ2v) is 4.07. The quantitative estimate of drug-likeness (QED) is 0.669. The number of nitrogen functional groups attached to an aromatic ring is 1. The van der Waals surface area contributed by atoms with Crippen molar-refractivity contribution in [2.75, 3.05) is 31.3 Å². The molecular weight excluding hydrogens is 206 g/mol. The first-order chi connectivity index (χ1) is 7.53. The average molecular weight is 225 g/mol. The first-order valence-corrected chi connectivity index (χ1v) is 5.20. The molecule has 0 saturated heterocycles. The SMILES string of the molecule is COCCC(C)(O)CNc1cc(N)ccn1. The Balaban J connectivity index is 2.44. The number of methoxy groups -OCH3 is 1. The Hall–Kier alpha value is -1.33. The van der Waals surface area contributed by atoms with Gasteiger partial charge in [0.15, 0.2) is 0 Å². The fourth-order valence-electron chi connectivity index (χ4n) is 1.23. The standard InChI is InChI=1S/C11H19N3O2/c1-11(15,4-6-16-2)8-14-10-7-9(12)3-5-13-10/h3,5,7,15H,4,6,8H2,1-2H3,(H3,12,13,14). The summed E-state index contributed by atoms with van der Waals surface area (Å²) in [6, 6.07) is 3.45. The number of aromatic nitrogens is 1. The number of hydrogen-bond donors (Lipinski definition) is 3. The minimum Gasteiger partial charge on any atom is -0.399 e. The summed E-state index contributed by atoms with van der Waals surface area (Å²) in [6.45, 7) is 2.69. The van der Waals surface area contributed by atoms with Crippen LogP contribution >= 0.6 is 0 Å². The van der Waals surface area contributed by atoms with Crippen LogP contribution in [0, 0.1) is 0 Å². The van der Waals surface area contributed by atoms with Gasteiger partial charge in [-0.25, -0.2) is 4.98 Å². The first-order valence-electron chi connectivity index (χ1n) is 5.20. The molecule has 0 aliphatic rings. The van der Waals surface area contributed by atoms with Crippen LogP contribution in [0.15, 0.2) is 18.3 Å². The van der Waals surface area contributed by atoms with Crippen LogP contribution < -0.4 is 11.1 Å². The molecule has 0 aliphatic carbocycles. The minimum absolute atomic E-state index is 0.410. The minimum atomic E-state index is -0.817. The van der Waals surface area contributed by atoms with E-state index in [1.807, 2.05) is 0 Å². The fourth-order valence-corrected chi connectivity index (χ4v) is 1.23. The number of rotatable bonds is 6. The van der Waals surface area contributed by atoms with E-state index in [2.05, 4.69) is 10.3 Å². The molecule has 0 saturated carbocycles. The number of nitrogens with one attached hydrogen (secondary N) is 1. The molecule has 4 N–H and O–H groups in total. The van der Waals surface area contributed by atoms with E-state index in [1.165, 1.54) is 0 Å². The number of nitrogens with two attached hydrogens (primary N) is 1. The summed E-state index contributed by atoms with van der Waals surface area (Å²) in [5.41, 5.74) is 5.45. The van der Waals surface area contributed by atoms with Gasteiger partial charge >= 0.3 is 0 Å². The number of ether oxygens (including phenoxy) is 1. The predicted molar refractivity (Wildman–Crippen MR) is 64.3 cm³/mol. The smallest absolute Gasteiger partial charge is 0.128 e. The zero-order valence-electron chi connectivity index (χ0n) is 9.73. The Morgan fingerprint density at radius 2 is 2.38 bits per heavy atom. The fraction of sp³-hybridized carbons (Fsp3) is 0.545.